The van der Waals surface area contributed by atoms with E-state index in [1.807, 2.05) is 37.4 Å². The van der Waals surface area contributed by atoms with E-state index in [-0.39, 0.29) is 5.56 Å². The second-order valence-corrected chi connectivity index (χ2v) is 5.34. The summed E-state index contributed by atoms with van der Waals surface area (Å²) in [5, 5.41) is 13.2. The van der Waals surface area contributed by atoms with E-state index in [9.17, 15) is 4.79 Å². The molecule has 0 saturated heterocycles. The third kappa shape index (κ3) is 2.91. The monoisotopic (exact) mass is 310 g/mol. The predicted octanol–water partition coefficient (Wildman–Crippen LogP) is 3.26. The van der Waals surface area contributed by atoms with E-state index in [4.69, 9.17) is 9.84 Å². The molecule has 5 heteroatoms. The normalized spacial score (nSPS) is 10.9. The van der Waals surface area contributed by atoms with Gasteiger partial charge in [0.2, 0.25) is 0 Å². The van der Waals surface area contributed by atoms with Crippen LogP contribution in [0.15, 0.2) is 42.5 Å². The largest absolute Gasteiger partial charge is 0.497 e. The molecule has 23 heavy (non-hydrogen) atoms. The van der Waals surface area contributed by atoms with Gasteiger partial charge in [0.15, 0.2) is 0 Å². The molecule has 0 aliphatic rings. The minimum Gasteiger partial charge on any atom is -0.497 e. The fourth-order valence-corrected chi connectivity index (χ4v) is 2.70. The first kappa shape index (κ1) is 15.1. The Bertz CT molecular complexity index is 868. The number of hydrogen-bond donors (Lipinski definition) is 3. The molecule has 0 amide bonds. The Morgan fingerprint density at radius 2 is 2.04 bits per heavy atom. The minimum absolute atomic E-state index is 0.274. The maximum absolute atomic E-state index is 11.1. The van der Waals surface area contributed by atoms with E-state index >= 15 is 0 Å². The van der Waals surface area contributed by atoms with Gasteiger partial charge in [-0.1, -0.05) is 6.07 Å². The van der Waals surface area contributed by atoms with Crippen molar-refractivity contribution >= 4 is 16.9 Å². The maximum Gasteiger partial charge on any atom is 0.335 e. The molecule has 3 N–H and O–H groups in total. The van der Waals surface area contributed by atoms with Crippen molar-refractivity contribution in [2.24, 2.45) is 0 Å². The van der Waals surface area contributed by atoms with E-state index < -0.39 is 5.97 Å². The number of fused-ring (bicyclic) bond motifs is 1. The van der Waals surface area contributed by atoms with Gasteiger partial charge in [0.1, 0.15) is 5.75 Å². The van der Waals surface area contributed by atoms with Crippen molar-refractivity contribution < 1.29 is 14.6 Å². The molecule has 5 nitrogen and oxygen atoms in total. The van der Waals surface area contributed by atoms with Crippen molar-refractivity contribution in [3.05, 3.63) is 53.6 Å². The van der Waals surface area contributed by atoms with Gasteiger partial charge in [-0.2, -0.15) is 0 Å². The lowest BCUT2D eigenvalue weighted by molar-refractivity contribution is 0.0697. The smallest absolute Gasteiger partial charge is 0.335 e. The number of methoxy groups -OCH3 is 1. The average molecular weight is 310 g/mol. The molecule has 0 bridgehead atoms. The number of H-pyrrole nitrogens is 1. The summed E-state index contributed by atoms with van der Waals surface area (Å²) in [5.41, 5.74) is 4.21. The van der Waals surface area contributed by atoms with Crippen molar-refractivity contribution in [2.45, 2.75) is 6.54 Å². The summed E-state index contributed by atoms with van der Waals surface area (Å²) < 4.78 is 5.29. The highest BCUT2D eigenvalue weighted by atomic mass is 16.5. The second kappa shape index (κ2) is 6.14. The number of aromatic amines is 1. The van der Waals surface area contributed by atoms with E-state index in [1.54, 1.807) is 19.2 Å². The van der Waals surface area contributed by atoms with Crippen LogP contribution in [-0.4, -0.2) is 30.2 Å². The molecule has 0 unspecified atom stereocenters. The quantitative estimate of drug-likeness (QED) is 0.676. The molecule has 0 aliphatic heterocycles. The lowest BCUT2D eigenvalue weighted by atomic mass is 10.0. The van der Waals surface area contributed by atoms with E-state index in [0.717, 1.165) is 33.5 Å². The van der Waals surface area contributed by atoms with Crippen LogP contribution in [-0.2, 0) is 6.54 Å². The topological polar surface area (TPSA) is 74.3 Å². The third-order valence-electron chi connectivity index (χ3n) is 3.84. The highest BCUT2D eigenvalue weighted by Gasteiger charge is 2.11. The molecule has 0 radical (unpaired) electrons. The summed E-state index contributed by atoms with van der Waals surface area (Å²) in [6, 6.07) is 13.0. The molecule has 1 heterocycles. The van der Waals surface area contributed by atoms with Gasteiger partial charge >= 0.3 is 5.97 Å². The van der Waals surface area contributed by atoms with E-state index in [1.165, 1.54) is 0 Å². The summed E-state index contributed by atoms with van der Waals surface area (Å²) in [7, 11) is 3.54. The van der Waals surface area contributed by atoms with Crippen LogP contribution in [0.1, 0.15) is 15.9 Å². The van der Waals surface area contributed by atoms with Crippen LogP contribution in [0.5, 0.6) is 5.75 Å². The highest BCUT2D eigenvalue weighted by molar-refractivity contribution is 5.95. The summed E-state index contributed by atoms with van der Waals surface area (Å²) in [4.78, 5) is 14.4. The van der Waals surface area contributed by atoms with Crippen LogP contribution in [0.3, 0.4) is 0 Å². The average Bonchev–Trinajstić information content (AvgIpc) is 2.97. The number of nitrogens with one attached hydrogen (secondary N) is 2. The number of benzene rings is 2. The zero-order valence-electron chi connectivity index (χ0n) is 13.0. The number of ether oxygens (including phenoxy) is 1. The summed E-state index contributed by atoms with van der Waals surface area (Å²) >= 11 is 0. The molecular weight excluding hydrogens is 292 g/mol. The van der Waals surface area contributed by atoms with E-state index in [0.29, 0.717) is 6.54 Å². The molecule has 0 atom stereocenters. The van der Waals surface area contributed by atoms with E-state index in [2.05, 4.69) is 10.3 Å². The van der Waals surface area contributed by atoms with Crippen LogP contribution < -0.4 is 10.1 Å². The SMILES string of the molecule is CNCc1cc(OC)ccc1-c1cc2ccc(C(=O)O)cc2[nH]1. The number of rotatable bonds is 5. The van der Waals surface area contributed by atoms with Gasteiger partial charge in [0.25, 0.3) is 0 Å². The van der Waals surface area contributed by atoms with Gasteiger partial charge in [-0.05, 0) is 49.0 Å². The standard InChI is InChI=1S/C18H18N2O3/c1-19-10-13-7-14(23-2)5-6-15(13)17-8-11-3-4-12(18(21)22)9-16(11)20-17/h3-9,19-20H,10H2,1-2H3,(H,21,22). The van der Waals surface area contributed by atoms with Crippen LogP contribution in [0.2, 0.25) is 0 Å². The Labute approximate surface area is 133 Å². The van der Waals surface area contributed by atoms with Crippen molar-refractivity contribution in [1.29, 1.82) is 0 Å². The molecule has 0 saturated carbocycles. The van der Waals surface area contributed by atoms with Gasteiger partial charge in [0, 0.05) is 28.7 Å². The Hall–Kier alpha value is -2.79. The number of aromatic carboxylic acids is 1. The van der Waals surface area contributed by atoms with Crippen LogP contribution in [0.25, 0.3) is 22.2 Å². The summed E-state index contributed by atoms with van der Waals surface area (Å²) in [6.45, 7) is 0.711. The molecule has 1 aromatic heterocycles. The van der Waals surface area contributed by atoms with Crippen molar-refractivity contribution in [1.82, 2.24) is 10.3 Å². The van der Waals surface area contributed by atoms with Crippen molar-refractivity contribution in [2.75, 3.05) is 14.2 Å². The van der Waals surface area contributed by atoms with Gasteiger partial charge in [0.05, 0.1) is 12.7 Å². The lowest BCUT2D eigenvalue weighted by Crippen LogP contribution is -2.06. The van der Waals surface area contributed by atoms with Gasteiger partial charge in [-0.3, -0.25) is 0 Å². The van der Waals surface area contributed by atoms with Crippen LogP contribution in [0.4, 0.5) is 0 Å². The first-order valence-electron chi connectivity index (χ1n) is 7.30. The van der Waals surface area contributed by atoms with Crippen LogP contribution >= 0.6 is 0 Å². The lowest BCUT2D eigenvalue weighted by Gasteiger charge is -2.10. The molecule has 0 fully saturated rings. The molecule has 0 aliphatic carbocycles. The third-order valence-corrected chi connectivity index (χ3v) is 3.84. The first-order chi connectivity index (χ1) is 11.1. The van der Waals surface area contributed by atoms with Gasteiger partial charge in [-0.15, -0.1) is 0 Å². The van der Waals surface area contributed by atoms with Gasteiger partial charge in [-0.25, -0.2) is 4.79 Å². The Morgan fingerprint density at radius 3 is 2.74 bits per heavy atom. The number of hydrogen-bond acceptors (Lipinski definition) is 3. The summed E-state index contributed by atoms with van der Waals surface area (Å²) in [6.07, 6.45) is 0. The van der Waals surface area contributed by atoms with Gasteiger partial charge < -0.3 is 20.1 Å². The molecule has 3 rings (SSSR count). The Kier molecular flexibility index (Phi) is 4.04. The molecule has 3 aromatic rings. The number of carboxylic acid groups (broad SMARTS) is 1. The predicted molar refractivity (Wildman–Crippen MR) is 90.0 cm³/mol. The molecular formula is C18H18N2O3. The second-order valence-electron chi connectivity index (χ2n) is 5.34. The minimum atomic E-state index is -0.927. The first-order valence-corrected chi connectivity index (χ1v) is 7.30. The zero-order valence-corrected chi connectivity index (χ0v) is 13.0. The zero-order chi connectivity index (χ0) is 16.4. The fraction of sp³-hybridized carbons (Fsp3) is 0.167. The summed E-state index contributed by atoms with van der Waals surface area (Å²) in [5.74, 6) is -0.119. The highest BCUT2D eigenvalue weighted by Crippen LogP contribution is 2.30. The number of aromatic nitrogens is 1. The fourth-order valence-electron chi connectivity index (χ4n) is 2.70. The molecule has 0 spiro atoms. The maximum atomic E-state index is 11.1. The van der Waals surface area contributed by atoms with Crippen molar-refractivity contribution in [3.63, 3.8) is 0 Å². The Balaban J connectivity index is 2.10. The molecule has 2 aromatic carbocycles. The number of carbonyl (C=O) groups is 1. The number of carboxylic acids is 1. The van der Waals surface area contributed by atoms with Crippen molar-refractivity contribution in [3.8, 4) is 17.0 Å². The van der Waals surface area contributed by atoms with Crippen LogP contribution in [0, 0.1) is 0 Å². The molecule has 118 valence electrons. The Morgan fingerprint density at radius 1 is 1.22 bits per heavy atom.